The van der Waals surface area contributed by atoms with Crippen molar-refractivity contribution in [2.75, 3.05) is 15.8 Å². The van der Waals surface area contributed by atoms with E-state index in [1.54, 1.807) is 24.3 Å². The van der Waals surface area contributed by atoms with Gasteiger partial charge in [0.05, 0.1) is 5.75 Å². The molecule has 1 rings (SSSR count). The Morgan fingerprint density at radius 3 is 2.35 bits per heavy atom. The summed E-state index contributed by atoms with van der Waals surface area (Å²) in [6.07, 6.45) is 3.79. The van der Waals surface area contributed by atoms with Crippen LogP contribution in [0.15, 0.2) is 24.3 Å². The Hall–Kier alpha value is -1.12. The predicted molar refractivity (Wildman–Crippen MR) is 95.4 cm³/mol. The molecule has 8 heteroatoms. The van der Waals surface area contributed by atoms with E-state index in [1.807, 2.05) is 0 Å². The highest BCUT2D eigenvalue weighted by Crippen LogP contribution is 2.14. The number of nitrogens with one attached hydrogen (secondary N) is 1. The topological polar surface area (TPSA) is 109 Å². The number of carboxylic acid groups (broad SMARTS) is 1. The summed E-state index contributed by atoms with van der Waals surface area (Å²) >= 11 is 3.34. The SMILES string of the molecule is NC(Cc1ccc(NS(=O)(=O)CCCCCCBr)cc1)C(=O)O. The van der Waals surface area contributed by atoms with Crippen molar-refractivity contribution in [3.63, 3.8) is 0 Å². The number of rotatable bonds is 11. The minimum atomic E-state index is -3.35. The van der Waals surface area contributed by atoms with E-state index in [0.717, 1.165) is 30.2 Å². The predicted octanol–water partition coefficient (Wildman–Crippen LogP) is 2.34. The van der Waals surface area contributed by atoms with Gasteiger partial charge in [0.2, 0.25) is 10.0 Å². The highest BCUT2D eigenvalue weighted by atomic mass is 79.9. The highest BCUT2D eigenvalue weighted by molar-refractivity contribution is 9.09. The largest absolute Gasteiger partial charge is 0.480 e. The molecule has 0 spiro atoms. The van der Waals surface area contributed by atoms with Crippen molar-refractivity contribution < 1.29 is 18.3 Å². The molecule has 0 aromatic heterocycles. The quantitative estimate of drug-likeness (QED) is 0.385. The molecular weight excluding hydrogens is 384 g/mol. The molecule has 0 amide bonds. The number of hydrogen-bond acceptors (Lipinski definition) is 4. The van der Waals surface area contributed by atoms with Gasteiger partial charge in [0.1, 0.15) is 6.04 Å². The normalized spacial score (nSPS) is 12.8. The first-order valence-electron chi connectivity index (χ1n) is 7.48. The second-order valence-corrected chi connectivity index (χ2v) is 8.00. The third-order valence-corrected chi connectivity index (χ3v) is 5.23. The monoisotopic (exact) mass is 406 g/mol. The van der Waals surface area contributed by atoms with Gasteiger partial charge in [-0.15, -0.1) is 0 Å². The van der Waals surface area contributed by atoms with E-state index in [2.05, 4.69) is 20.7 Å². The van der Waals surface area contributed by atoms with E-state index >= 15 is 0 Å². The highest BCUT2D eigenvalue weighted by Gasteiger charge is 2.13. The molecular formula is C15H23BrN2O4S. The van der Waals surface area contributed by atoms with Crippen LogP contribution in [0.25, 0.3) is 0 Å². The van der Waals surface area contributed by atoms with Crippen LogP contribution in [0.5, 0.6) is 0 Å². The van der Waals surface area contributed by atoms with E-state index in [9.17, 15) is 13.2 Å². The number of carboxylic acids is 1. The standard InChI is InChI=1S/C15H23BrN2O4S/c16-9-3-1-2-4-10-23(21,22)18-13-7-5-12(6-8-13)11-14(17)15(19)20/h5-8,14,18H,1-4,9-11,17H2,(H,19,20). The summed E-state index contributed by atoms with van der Waals surface area (Å²) in [5, 5.41) is 9.71. The van der Waals surface area contributed by atoms with Crippen LogP contribution in [0.1, 0.15) is 31.2 Å². The summed E-state index contributed by atoms with van der Waals surface area (Å²) in [7, 11) is -3.35. The third kappa shape index (κ3) is 8.34. The van der Waals surface area contributed by atoms with Crippen molar-refractivity contribution in [2.45, 2.75) is 38.1 Å². The average molecular weight is 407 g/mol. The first-order chi connectivity index (χ1) is 10.8. The fourth-order valence-electron chi connectivity index (χ4n) is 2.02. The second kappa shape index (κ2) is 9.89. The summed E-state index contributed by atoms with van der Waals surface area (Å²) in [5.74, 6) is -0.962. The van der Waals surface area contributed by atoms with Crippen LogP contribution in [-0.2, 0) is 21.2 Å². The van der Waals surface area contributed by atoms with Gasteiger partial charge in [0.15, 0.2) is 0 Å². The molecule has 23 heavy (non-hydrogen) atoms. The van der Waals surface area contributed by atoms with Crippen LogP contribution in [-0.4, -0.2) is 36.6 Å². The summed E-state index contributed by atoms with van der Waals surface area (Å²) in [5.41, 5.74) is 6.68. The van der Waals surface area contributed by atoms with Crippen LogP contribution in [0, 0.1) is 0 Å². The molecule has 4 N–H and O–H groups in total. The van der Waals surface area contributed by atoms with Crippen molar-refractivity contribution in [3.05, 3.63) is 29.8 Å². The molecule has 0 fully saturated rings. The Bertz CT molecular complexity index is 590. The van der Waals surface area contributed by atoms with Gasteiger partial charge in [-0.3, -0.25) is 9.52 Å². The smallest absolute Gasteiger partial charge is 0.320 e. The molecule has 0 aliphatic carbocycles. The number of alkyl halides is 1. The van der Waals surface area contributed by atoms with Crippen molar-refractivity contribution in [1.29, 1.82) is 0 Å². The van der Waals surface area contributed by atoms with Crippen molar-refractivity contribution in [3.8, 4) is 0 Å². The van der Waals surface area contributed by atoms with Crippen LogP contribution >= 0.6 is 15.9 Å². The maximum absolute atomic E-state index is 12.0. The van der Waals surface area contributed by atoms with Crippen molar-refractivity contribution in [1.82, 2.24) is 0 Å². The molecule has 1 aromatic rings. The molecule has 1 unspecified atom stereocenters. The van der Waals surface area contributed by atoms with Crippen LogP contribution in [0.2, 0.25) is 0 Å². The number of sulfonamides is 1. The van der Waals surface area contributed by atoms with E-state index < -0.39 is 22.0 Å². The molecule has 0 saturated carbocycles. The minimum absolute atomic E-state index is 0.0981. The maximum Gasteiger partial charge on any atom is 0.320 e. The Labute approximate surface area is 145 Å². The number of carbonyl (C=O) groups is 1. The van der Waals surface area contributed by atoms with Crippen molar-refractivity contribution in [2.24, 2.45) is 5.73 Å². The van der Waals surface area contributed by atoms with E-state index in [4.69, 9.17) is 10.8 Å². The van der Waals surface area contributed by atoms with E-state index in [0.29, 0.717) is 12.1 Å². The molecule has 1 atom stereocenters. The molecule has 0 aliphatic rings. The van der Waals surface area contributed by atoms with Gasteiger partial charge in [-0.25, -0.2) is 8.42 Å². The third-order valence-electron chi connectivity index (χ3n) is 3.30. The number of nitrogens with two attached hydrogens (primary N) is 1. The Balaban J connectivity index is 2.48. The summed E-state index contributed by atoms with van der Waals surface area (Å²) in [6.45, 7) is 0. The van der Waals surface area contributed by atoms with E-state index in [-0.39, 0.29) is 12.2 Å². The fraction of sp³-hybridized carbons (Fsp3) is 0.533. The van der Waals surface area contributed by atoms with Crippen LogP contribution in [0.4, 0.5) is 5.69 Å². The molecule has 0 radical (unpaired) electrons. The first kappa shape index (κ1) is 19.9. The average Bonchev–Trinajstić information content (AvgIpc) is 2.48. The number of aliphatic carboxylic acids is 1. The molecule has 0 heterocycles. The Morgan fingerprint density at radius 2 is 1.78 bits per heavy atom. The van der Waals surface area contributed by atoms with Gasteiger partial charge in [-0.1, -0.05) is 40.9 Å². The lowest BCUT2D eigenvalue weighted by molar-refractivity contribution is -0.138. The number of anilines is 1. The molecule has 1 aromatic carbocycles. The summed E-state index contributed by atoms with van der Waals surface area (Å²) in [6, 6.07) is 5.63. The van der Waals surface area contributed by atoms with Gasteiger partial charge in [-0.2, -0.15) is 0 Å². The van der Waals surface area contributed by atoms with Gasteiger partial charge >= 0.3 is 5.97 Å². The molecule has 0 bridgehead atoms. The molecule has 6 nitrogen and oxygen atoms in total. The Kier molecular flexibility index (Phi) is 8.57. The number of benzene rings is 1. The second-order valence-electron chi connectivity index (χ2n) is 5.37. The Morgan fingerprint density at radius 1 is 1.17 bits per heavy atom. The van der Waals surface area contributed by atoms with Gasteiger partial charge in [-0.05, 0) is 37.0 Å². The summed E-state index contributed by atoms with van der Waals surface area (Å²) in [4.78, 5) is 10.7. The molecule has 0 aliphatic heterocycles. The number of halogens is 1. The zero-order chi connectivity index (χ0) is 17.3. The zero-order valence-corrected chi connectivity index (χ0v) is 15.3. The first-order valence-corrected chi connectivity index (χ1v) is 10.3. The summed E-state index contributed by atoms with van der Waals surface area (Å²) < 4.78 is 26.5. The van der Waals surface area contributed by atoms with E-state index in [1.165, 1.54) is 0 Å². The van der Waals surface area contributed by atoms with Gasteiger partial charge < -0.3 is 10.8 Å². The van der Waals surface area contributed by atoms with Crippen LogP contribution < -0.4 is 10.5 Å². The maximum atomic E-state index is 12.0. The van der Waals surface area contributed by atoms with Crippen LogP contribution in [0.3, 0.4) is 0 Å². The minimum Gasteiger partial charge on any atom is -0.480 e. The van der Waals surface area contributed by atoms with Crippen molar-refractivity contribution >= 4 is 37.6 Å². The van der Waals surface area contributed by atoms with Gasteiger partial charge in [0.25, 0.3) is 0 Å². The lowest BCUT2D eigenvalue weighted by Gasteiger charge is -2.10. The molecule has 130 valence electrons. The number of hydrogen-bond donors (Lipinski definition) is 3. The van der Waals surface area contributed by atoms with Gasteiger partial charge in [0, 0.05) is 11.0 Å². The zero-order valence-electron chi connectivity index (χ0n) is 12.9. The number of unbranched alkanes of at least 4 members (excludes halogenated alkanes) is 3. The lowest BCUT2D eigenvalue weighted by Crippen LogP contribution is -2.32. The molecule has 0 saturated heterocycles. The lowest BCUT2D eigenvalue weighted by atomic mass is 10.1. The fourth-order valence-corrected chi connectivity index (χ4v) is 3.60.